The van der Waals surface area contributed by atoms with E-state index in [9.17, 15) is 28.8 Å². The maximum absolute atomic E-state index is 13.2. The second-order valence-corrected chi connectivity index (χ2v) is 22.3. The summed E-state index contributed by atoms with van der Waals surface area (Å²) in [5.41, 5.74) is 4.90. The molecule has 2 heterocycles. The zero-order valence-electron chi connectivity index (χ0n) is 46.0. The fraction of sp³-hybridized carbons (Fsp3) is 0.311. The molecule has 438 valence electrons. The number of benzene rings is 6. The molecule has 2 aliphatic heterocycles. The Bertz CT molecular complexity index is 3170. The quantitative estimate of drug-likeness (QED) is 0.0456. The molecule has 6 aromatic carbocycles. The van der Waals surface area contributed by atoms with Crippen LogP contribution in [-0.2, 0) is 31.9 Å². The van der Waals surface area contributed by atoms with Crippen LogP contribution in [-0.4, -0.2) is 148 Å². The first-order valence-corrected chi connectivity index (χ1v) is 29.1. The number of aryl methyl sites for hydroxylation is 2. The van der Waals surface area contributed by atoms with Crippen molar-refractivity contribution in [2.24, 2.45) is 0 Å². The molecule has 22 heteroatoms. The van der Waals surface area contributed by atoms with E-state index in [-0.39, 0.29) is 57.3 Å². The molecular weight excluding hydrogens is 1190 g/mol. The van der Waals surface area contributed by atoms with Gasteiger partial charge in [0.05, 0.1) is 52.4 Å². The lowest BCUT2D eigenvalue weighted by Crippen LogP contribution is -2.47. The van der Waals surface area contributed by atoms with Crippen molar-refractivity contribution in [1.82, 2.24) is 30.7 Å². The second-order valence-electron chi connectivity index (χ2n) is 19.9. The van der Waals surface area contributed by atoms with Crippen molar-refractivity contribution >= 4 is 117 Å². The van der Waals surface area contributed by atoms with Gasteiger partial charge in [0.25, 0.3) is 23.6 Å². The van der Waals surface area contributed by atoms with Crippen LogP contribution < -0.4 is 26.6 Å². The minimum atomic E-state index is -0.956. The third kappa shape index (κ3) is 18.9. The summed E-state index contributed by atoms with van der Waals surface area (Å²) in [5.74, 6) is -2.88. The number of halogens is 6. The number of carbonyl (C=O) groups is 6. The zero-order chi connectivity index (χ0) is 59.6. The van der Waals surface area contributed by atoms with Gasteiger partial charge in [0.15, 0.2) is 0 Å². The molecule has 2 saturated heterocycles. The summed E-state index contributed by atoms with van der Waals surface area (Å²) in [6.45, 7) is 12.5. The lowest BCUT2D eigenvalue weighted by atomic mass is 10.0. The third-order valence-corrected chi connectivity index (χ3v) is 15.8. The Morgan fingerprint density at radius 2 is 0.795 bits per heavy atom. The van der Waals surface area contributed by atoms with Crippen LogP contribution in [0.1, 0.15) is 63.7 Å². The number of ether oxygens (including phenoxy) is 2. The average Bonchev–Trinajstić information content (AvgIpc) is 3.53. The fourth-order valence-electron chi connectivity index (χ4n) is 9.18. The van der Waals surface area contributed by atoms with Crippen molar-refractivity contribution in [2.45, 2.75) is 38.8 Å². The highest BCUT2D eigenvalue weighted by molar-refractivity contribution is 6.41. The van der Waals surface area contributed by atoms with E-state index in [1.807, 2.05) is 0 Å². The van der Waals surface area contributed by atoms with Crippen LogP contribution in [0.2, 0.25) is 30.1 Å². The third-order valence-electron chi connectivity index (χ3n) is 13.9. The number of carbonyl (C=O) groups excluding carboxylic acids is 6. The minimum absolute atomic E-state index is 0.173. The van der Waals surface area contributed by atoms with Crippen LogP contribution in [0.4, 0.5) is 11.4 Å². The van der Waals surface area contributed by atoms with E-state index in [2.05, 4.69) is 48.3 Å². The first-order valence-electron chi connectivity index (χ1n) is 26.8. The fourth-order valence-corrected chi connectivity index (χ4v) is 10.9. The molecule has 0 spiro atoms. The summed E-state index contributed by atoms with van der Waals surface area (Å²) < 4.78 is 11.2. The number of nitrogens with zero attached hydrogens (tertiary/aromatic N) is 3. The van der Waals surface area contributed by atoms with E-state index >= 15 is 0 Å². The van der Waals surface area contributed by atoms with Crippen molar-refractivity contribution < 1.29 is 38.2 Å². The summed E-state index contributed by atoms with van der Waals surface area (Å²) in [6, 6.07) is 32.0. The Morgan fingerprint density at radius 3 is 1.16 bits per heavy atom. The number of hydrogen-bond donors (Lipinski definition) is 5. The van der Waals surface area contributed by atoms with E-state index in [0.717, 1.165) is 63.5 Å². The minimum Gasteiger partial charge on any atom is -0.463 e. The molecule has 2 atom stereocenters. The molecule has 0 aromatic heterocycles. The van der Waals surface area contributed by atoms with Crippen molar-refractivity contribution in [1.29, 1.82) is 0 Å². The van der Waals surface area contributed by atoms with Crippen LogP contribution in [0.3, 0.4) is 0 Å². The standard InChI is InChI=1S/C31H33Cl3N4O4.C30H31Cl3N4O4/c1-20-5-3-6-23(32)27(20)29(39)36-26(31(41)42-18-17-38-15-13-37(2)14-16-38)19-21-9-11-22(12-10-21)35-30(40)28-24(33)7-4-8-25(28)34;1-19-4-2-5-22(31)26(19)28(38)36-25(30(40)41-17-16-37-14-12-34-13-15-37)18-20-8-10-21(11-9-20)35-29(39)27-23(32)6-3-7-24(27)33/h3-12,26H,13-19H2,1-2H3,(H,35,40)(H,36,39);2-11,25,34H,12-18H2,1H3,(H,35,39)(H,36,38). The normalized spacial score (nSPS) is 14.5. The van der Waals surface area contributed by atoms with Crippen LogP contribution in [0.25, 0.3) is 0 Å². The number of rotatable bonds is 20. The van der Waals surface area contributed by atoms with E-state index in [0.29, 0.717) is 56.8 Å². The van der Waals surface area contributed by atoms with Gasteiger partial charge < -0.3 is 41.0 Å². The van der Waals surface area contributed by atoms with E-state index < -0.39 is 47.7 Å². The second kappa shape index (κ2) is 31.6. The molecule has 5 N–H and O–H groups in total. The van der Waals surface area contributed by atoms with Gasteiger partial charge in [-0.2, -0.15) is 0 Å². The molecule has 83 heavy (non-hydrogen) atoms. The zero-order valence-corrected chi connectivity index (χ0v) is 50.5. The van der Waals surface area contributed by atoms with Crippen LogP contribution in [0.5, 0.6) is 0 Å². The van der Waals surface area contributed by atoms with Crippen molar-refractivity contribution in [3.63, 3.8) is 0 Å². The maximum Gasteiger partial charge on any atom is 0.329 e. The van der Waals surface area contributed by atoms with Crippen molar-refractivity contribution in [3.8, 4) is 0 Å². The van der Waals surface area contributed by atoms with Gasteiger partial charge in [0, 0.05) is 89.7 Å². The molecule has 0 saturated carbocycles. The van der Waals surface area contributed by atoms with Gasteiger partial charge in [0.1, 0.15) is 25.3 Å². The Balaban J connectivity index is 0.000000239. The van der Waals surface area contributed by atoms with Crippen LogP contribution in [0.15, 0.2) is 121 Å². The Hall–Kier alpha value is -6.28. The SMILES string of the molecule is Cc1cccc(Cl)c1C(=O)NC(Cc1ccc(NC(=O)c2c(Cl)cccc2Cl)cc1)C(=O)OCCN1CCN(C)CC1.Cc1cccc(Cl)c1C(=O)NC(Cc1ccc(NC(=O)c2c(Cl)cccc2Cl)cc1)C(=O)OCCN1CCNCC1. The molecule has 2 unspecified atom stereocenters. The topological polar surface area (TPSA) is 191 Å². The highest BCUT2D eigenvalue weighted by Crippen LogP contribution is 2.28. The molecule has 4 amide bonds. The number of anilines is 2. The number of hydrogen-bond acceptors (Lipinski definition) is 12. The van der Waals surface area contributed by atoms with Gasteiger partial charge in [0.2, 0.25) is 0 Å². The monoisotopic (exact) mass is 1250 g/mol. The molecule has 0 bridgehead atoms. The molecular formula is C61H64Cl6N8O8. The molecule has 6 aromatic rings. The highest BCUT2D eigenvalue weighted by Gasteiger charge is 2.28. The summed E-state index contributed by atoms with van der Waals surface area (Å²) in [4.78, 5) is 85.0. The predicted octanol–water partition coefficient (Wildman–Crippen LogP) is 10.3. The molecule has 2 aliphatic rings. The molecule has 0 radical (unpaired) electrons. The Kier molecular flexibility index (Phi) is 24.5. The van der Waals surface area contributed by atoms with Crippen LogP contribution >= 0.6 is 69.6 Å². The van der Waals surface area contributed by atoms with Gasteiger partial charge in [-0.15, -0.1) is 0 Å². The van der Waals surface area contributed by atoms with Gasteiger partial charge in [-0.1, -0.05) is 130 Å². The van der Waals surface area contributed by atoms with Crippen molar-refractivity contribution in [2.75, 3.05) is 96.3 Å². The number of esters is 2. The average molecular weight is 1250 g/mol. The van der Waals surface area contributed by atoms with Gasteiger partial charge in [-0.05, 0) is 104 Å². The summed E-state index contributed by atoms with van der Waals surface area (Å²) in [6.07, 6.45) is 0.347. The lowest BCUT2D eigenvalue weighted by Gasteiger charge is -2.32. The molecule has 8 rings (SSSR count). The van der Waals surface area contributed by atoms with E-state index in [1.54, 1.807) is 135 Å². The van der Waals surface area contributed by atoms with E-state index in [1.165, 1.54) is 0 Å². The number of piperazine rings is 2. The molecule has 16 nitrogen and oxygen atoms in total. The molecule has 2 fully saturated rings. The predicted molar refractivity (Wildman–Crippen MR) is 329 cm³/mol. The first-order chi connectivity index (χ1) is 39.8. The largest absolute Gasteiger partial charge is 0.463 e. The van der Waals surface area contributed by atoms with Crippen molar-refractivity contribution in [3.05, 3.63) is 196 Å². The Morgan fingerprint density at radius 1 is 0.458 bits per heavy atom. The summed E-state index contributed by atoms with van der Waals surface area (Å²) >= 11 is 37.2. The van der Waals surface area contributed by atoms with Gasteiger partial charge >= 0.3 is 11.9 Å². The summed E-state index contributed by atoms with van der Waals surface area (Å²) in [5, 5.41) is 16.1. The number of nitrogens with one attached hydrogen (secondary N) is 5. The van der Waals surface area contributed by atoms with E-state index in [4.69, 9.17) is 79.1 Å². The van der Waals surface area contributed by atoms with Gasteiger partial charge in [-0.3, -0.25) is 29.0 Å². The maximum atomic E-state index is 13.2. The Labute approximate surface area is 513 Å². The first kappa shape index (κ1) is 64.3. The smallest absolute Gasteiger partial charge is 0.329 e. The molecule has 0 aliphatic carbocycles. The van der Waals surface area contributed by atoms with Crippen LogP contribution in [0, 0.1) is 13.8 Å². The number of amides is 4. The number of likely N-dealkylation sites (N-methyl/N-ethyl adjacent to an activating group) is 1. The van der Waals surface area contributed by atoms with Gasteiger partial charge in [-0.25, -0.2) is 9.59 Å². The lowest BCUT2D eigenvalue weighted by molar-refractivity contribution is -0.147. The highest BCUT2D eigenvalue weighted by atomic mass is 35.5. The summed E-state index contributed by atoms with van der Waals surface area (Å²) in [7, 11) is 2.08.